The highest BCUT2D eigenvalue weighted by molar-refractivity contribution is 7.09. The van der Waals surface area contributed by atoms with Gasteiger partial charge in [-0.3, -0.25) is 4.79 Å². The van der Waals surface area contributed by atoms with E-state index in [1.165, 1.54) is 18.4 Å². The minimum absolute atomic E-state index is 0.0125. The largest absolute Gasteiger partial charge is 0.464 e. The van der Waals surface area contributed by atoms with Gasteiger partial charge in [0.05, 0.1) is 20.3 Å². The number of amides is 1. The molecule has 0 fully saturated rings. The molecule has 0 bridgehead atoms. The highest BCUT2D eigenvalue weighted by atomic mass is 32.1. The van der Waals surface area contributed by atoms with Crippen molar-refractivity contribution < 1.29 is 19.1 Å². The van der Waals surface area contributed by atoms with Crippen LogP contribution in [0.3, 0.4) is 0 Å². The molecule has 0 aliphatic heterocycles. The van der Waals surface area contributed by atoms with Crippen molar-refractivity contribution in [2.45, 2.75) is 39.5 Å². The first kappa shape index (κ1) is 20.1. The number of esters is 1. The van der Waals surface area contributed by atoms with Gasteiger partial charge in [-0.2, -0.15) is 0 Å². The standard InChI is InChI=1S/C19H24N2O4S/c1-19(2,3)21(10-16-20-15(13-26-16)18(23)24-4)17(22)12-25-11-14-8-6-5-7-9-14/h5-9,13H,10-12H2,1-4H3. The Morgan fingerprint density at radius 1 is 1.19 bits per heavy atom. The Labute approximate surface area is 157 Å². The molecule has 0 N–H and O–H groups in total. The number of hydrogen-bond acceptors (Lipinski definition) is 6. The average Bonchev–Trinajstić information content (AvgIpc) is 3.07. The maximum absolute atomic E-state index is 12.7. The zero-order valence-corrected chi connectivity index (χ0v) is 16.3. The maximum Gasteiger partial charge on any atom is 0.357 e. The second kappa shape index (κ2) is 8.91. The maximum atomic E-state index is 12.7. The van der Waals surface area contributed by atoms with Crippen LogP contribution in [0.4, 0.5) is 0 Å². The topological polar surface area (TPSA) is 68.7 Å². The lowest BCUT2D eigenvalue weighted by molar-refractivity contribution is -0.142. The molecule has 0 atom stereocenters. The lowest BCUT2D eigenvalue weighted by Gasteiger charge is -2.35. The number of thiazole rings is 1. The second-order valence-corrected chi connectivity index (χ2v) is 7.69. The van der Waals surface area contributed by atoms with Crippen molar-refractivity contribution in [1.29, 1.82) is 0 Å². The molecule has 0 unspecified atom stereocenters. The predicted octanol–water partition coefficient (Wildman–Crippen LogP) is 3.27. The first-order chi connectivity index (χ1) is 12.3. The van der Waals surface area contributed by atoms with Gasteiger partial charge in [-0.25, -0.2) is 9.78 Å². The number of carbonyl (C=O) groups is 2. The van der Waals surface area contributed by atoms with Crippen LogP contribution >= 0.6 is 11.3 Å². The van der Waals surface area contributed by atoms with E-state index >= 15 is 0 Å². The molecule has 140 valence electrons. The average molecular weight is 376 g/mol. The number of benzene rings is 1. The van der Waals surface area contributed by atoms with E-state index in [2.05, 4.69) is 9.72 Å². The van der Waals surface area contributed by atoms with Crippen molar-refractivity contribution in [3.63, 3.8) is 0 Å². The van der Waals surface area contributed by atoms with Gasteiger partial charge in [0.25, 0.3) is 0 Å². The Balaban J connectivity index is 1.99. The zero-order valence-electron chi connectivity index (χ0n) is 15.5. The van der Waals surface area contributed by atoms with Gasteiger partial charge in [-0.15, -0.1) is 11.3 Å². The quantitative estimate of drug-likeness (QED) is 0.694. The van der Waals surface area contributed by atoms with Gasteiger partial charge in [-0.1, -0.05) is 30.3 Å². The number of carbonyl (C=O) groups excluding carboxylic acids is 2. The van der Waals surface area contributed by atoms with Crippen molar-refractivity contribution in [2.24, 2.45) is 0 Å². The highest BCUT2D eigenvalue weighted by Gasteiger charge is 2.28. The highest BCUT2D eigenvalue weighted by Crippen LogP contribution is 2.20. The summed E-state index contributed by atoms with van der Waals surface area (Å²) in [5.74, 6) is -0.601. The molecule has 1 heterocycles. The number of rotatable bonds is 7. The number of aromatic nitrogens is 1. The van der Waals surface area contributed by atoms with Gasteiger partial charge in [0, 0.05) is 10.9 Å². The van der Waals surface area contributed by atoms with Crippen molar-refractivity contribution in [3.05, 3.63) is 52.0 Å². The fourth-order valence-electron chi connectivity index (χ4n) is 2.32. The number of hydrogen-bond donors (Lipinski definition) is 0. The van der Waals surface area contributed by atoms with E-state index in [1.54, 1.807) is 10.3 Å². The van der Waals surface area contributed by atoms with Gasteiger partial charge in [0.1, 0.15) is 11.6 Å². The van der Waals surface area contributed by atoms with Crippen LogP contribution in [0.5, 0.6) is 0 Å². The van der Waals surface area contributed by atoms with E-state index in [0.717, 1.165) is 5.56 Å². The van der Waals surface area contributed by atoms with Crippen LogP contribution < -0.4 is 0 Å². The molecule has 0 saturated carbocycles. The van der Waals surface area contributed by atoms with Crippen molar-refractivity contribution in [1.82, 2.24) is 9.88 Å². The second-order valence-electron chi connectivity index (χ2n) is 6.75. The Hall–Kier alpha value is -2.25. The minimum atomic E-state index is -0.479. The van der Waals surface area contributed by atoms with Gasteiger partial charge in [0.2, 0.25) is 5.91 Å². The molecule has 26 heavy (non-hydrogen) atoms. The molecule has 0 radical (unpaired) electrons. The Bertz CT molecular complexity index is 737. The van der Waals surface area contributed by atoms with Crippen LogP contribution in [-0.2, 0) is 27.4 Å². The molecule has 1 aromatic carbocycles. The van der Waals surface area contributed by atoms with Crippen LogP contribution in [0.2, 0.25) is 0 Å². The van der Waals surface area contributed by atoms with Gasteiger partial charge in [0.15, 0.2) is 5.69 Å². The monoisotopic (exact) mass is 376 g/mol. The molecule has 0 saturated heterocycles. The van der Waals surface area contributed by atoms with Crippen LogP contribution in [0.15, 0.2) is 35.7 Å². The molecule has 1 amide bonds. The third-order valence-electron chi connectivity index (χ3n) is 3.69. The summed E-state index contributed by atoms with van der Waals surface area (Å²) in [6, 6.07) is 9.71. The summed E-state index contributed by atoms with van der Waals surface area (Å²) in [6.45, 7) is 6.55. The fourth-order valence-corrected chi connectivity index (χ4v) is 3.08. The summed E-state index contributed by atoms with van der Waals surface area (Å²) >= 11 is 1.33. The van der Waals surface area contributed by atoms with E-state index in [-0.39, 0.29) is 18.2 Å². The lowest BCUT2D eigenvalue weighted by Crippen LogP contribution is -2.46. The molecule has 1 aromatic heterocycles. The van der Waals surface area contributed by atoms with E-state index in [9.17, 15) is 9.59 Å². The van der Waals surface area contributed by atoms with Crippen LogP contribution in [0, 0.1) is 0 Å². The van der Waals surface area contributed by atoms with Crippen LogP contribution in [-0.4, -0.2) is 41.0 Å². The molecule has 2 aromatic rings. The van der Waals surface area contributed by atoms with E-state index in [0.29, 0.717) is 18.2 Å². The summed E-state index contributed by atoms with van der Waals surface area (Å²) in [5.41, 5.74) is 0.879. The van der Waals surface area contributed by atoms with Gasteiger partial charge >= 0.3 is 5.97 Å². The SMILES string of the molecule is COC(=O)c1csc(CN(C(=O)COCc2ccccc2)C(C)(C)C)n1. The normalized spacial score (nSPS) is 11.2. The molecule has 0 spiro atoms. The summed E-state index contributed by atoms with van der Waals surface area (Å²) in [4.78, 5) is 30.2. The molecular weight excluding hydrogens is 352 g/mol. The molecular formula is C19H24N2O4S. The smallest absolute Gasteiger partial charge is 0.357 e. The Morgan fingerprint density at radius 2 is 1.88 bits per heavy atom. The summed E-state index contributed by atoms with van der Waals surface area (Å²) < 4.78 is 10.2. The number of ether oxygens (including phenoxy) is 2. The number of methoxy groups -OCH3 is 1. The summed E-state index contributed by atoms with van der Waals surface area (Å²) in [7, 11) is 1.32. The van der Waals surface area contributed by atoms with E-state index in [4.69, 9.17) is 4.74 Å². The van der Waals surface area contributed by atoms with E-state index in [1.807, 2.05) is 51.1 Å². The molecule has 0 aliphatic carbocycles. The van der Waals surface area contributed by atoms with Crippen molar-refractivity contribution in [2.75, 3.05) is 13.7 Å². The number of nitrogens with zero attached hydrogens (tertiary/aromatic N) is 2. The Kier molecular flexibility index (Phi) is 6.88. The van der Waals surface area contributed by atoms with Crippen LogP contribution in [0.1, 0.15) is 41.8 Å². The minimum Gasteiger partial charge on any atom is -0.464 e. The first-order valence-electron chi connectivity index (χ1n) is 8.26. The third-order valence-corrected chi connectivity index (χ3v) is 4.52. The zero-order chi connectivity index (χ0) is 19.2. The lowest BCUT2D eigenvalue weighted by atomic mass is 10.1. The summed E-state index contributed by atoms with van der Waals surface area (Å²) in [6.07, 6.45) is 0. The van der Waals surface area contributed by atoms with E-state index < -0.39 is 11.5 Å². The molecule has 0 aliphatic rings. The molecule has 7 heteroatoms. The van der Waals surface area contributed by atoms with Crippen molar-refractivity contribution in [3.8, 4) is 0 Å². The third kappa shape index (κ3) is 5.64. The molecule has 6 nitrogen and oxygen atoms in total. The first-order valence-corrected chi connectivity index (χ1v) is 9.14. The fraction of sp³-hybridized carbons (Fsp3) is 0.421. The van der Waals surface area contributed by atoms with Crippen LogP contribution in [0.25, 0.3) is 0 Å². The molecule has 2 rings (SSSR count). The van der Waals surface area contributed by atoms with Gasteiger partial charge in [-0.05, 0) is 26.3 Å². The predicted molar refractivity (Wildman–Crippen MR) is 99.9 cm³/mol. The van der Waals surface area contributed by atoms with Gasteiger partial charge < -0.3 is 14.4 Å². The van der Waals surface area contributed by atoms with Crippen molar-refractivity contribution >= 4 is 23.2 Å². The Morgan fingerprint density at radius 3 is 2.50 bits per heavy atom. The summed E-state index contributed by atoms with van der Waals surface area (Å²) in [5, 5.41) is 2.31.